The summed E-state index contributed by atoms with van der Waals surface area (Å²) >= 11 is 0. The van der Waals surface area contributed by atoms with E-state index in [2.05, 4.69) is 20.6 Å². The summed E-state index contributed by atoms with van der Waals surface area (Å²) in [6.07, 6.45) is 2.10. The number of carbonyl (C=O) groups excluding carboxylic acids is 1. The molecule has 0 atom stereocenters. The molecule has 0 saturated carbocycles. The van der Waals surface area contributed by atoms with Gasteiger partial charge in [0, 0.05) is 5.69 Å². The maximum absolute atomic E-state index is 12.2. The highest BCUT2D eigenvalue weighted by molar-refractivity contribution is 5.97. The normalized spacial score (nSPS) is 10.3. The number of nitrogens with one attached hydrogen (secondary N) is 2. The second-order valence-corrected chi connectivity index (χ2v) is 6.24. The number of benzene rings is 2. The van der Waals surface area contributed by atoms with Gasteiger partial charge in [0.15, 0.2) is 0 Å². The molecule has 0 aliphatic carbocycles. The van der Waals surface area contributed by atoms with E-state index in [1.807, 2.05) is 31.2 Å². The van der Waals surface area contributed by atoms with Gasteiger partial charge in [-0.25, -0.2) is 14.8 Å². The molecule has 30 heavy (non-hydrogen) atoms. The van der Waals surface area contributed by atoms with Crippen molar-refractivity contribution in [3.05, 3.63) is 76.1 Å². The van der Waals surface area contributed by atoms with E-state index in [-0.39, 0.29) is 29.5 Å². The van der Waals surface area contributed by atoms with Crippen LogP contribution >= 0.6 is 0 Å². The fourth-order valence-electron chi connectivity index (χ4n) is 2.80. The van der Waals surface area contributed by atoms with Crippen molar-refractivity contribution in [2.45, 2.75) is 20.3 Å². The summed E-state index contributed by atoms with van der Waals surface area (Å²) in [7, 11) is 0. The van der Waals surface area contributed by atoms with E-state index in [4.69, 9.17) is 4.74 Å². The fraction of sp³-hybridized carbons (Fsp3) is 0.190. The number of carbonyl (C=O) groups is 1. The Kier molecular flexibility index (Phi) is 6.53. The zero-order valence-corrected chi connectivity index (χ0v) is 16.6. The van der Waals surface area contributed by atoms with E-state index in [1.165, 1.54) is 6.33 Å². The molecule has 0 aliphatic rings. The first-order valence-corrected chi connectivity index (χ1v) is 9.42. The van der Waals surface area contributed by atoms with Gasteiger partial charge in [-0.2, -0.15) is 0 Å². The Morgan fingerprint density at radius 1 is 1.03 bits per heavy atom. The average molecular weight is 407 g/mol. The first-order valence-electron chi connectivity index (χ1n) is 9.42. The summed E-state index contributed by atoms with van der Waals surface area (Å²) in [6, 6.07) is 14.1. The molecule has 2 N–H and O–H groups in total. The number of rotatable bonds is 8. The van der Waals surface area contributed by atoms with Crippen LogP contribution in [0.4, 0.5) is 28.7 Å². The number of nitrogens with zero attached hydrogens (tertiary/aromatic N) is 3. The monoisotopic (exact) mass is 407 g/mol. The fourth-order valence-corrected chi connectivity index (χ4v) is 2.80. The lowest BCUT2D eigenvalue weighted by molar-refractivity contribution is -0.383. The van der Waals surface area contributed by atoms with Crippen molar-refractivity contribution >= 4 is 34.7 Å². The second-order valence-electron chi connectivity index (χ2n) is 6.24. The van der Waals surface area contributed by atoms with Gasteiger partial charge in [-0.15, -0.1) is 0 Å². The lowest BCUT2D eigenvalue weighted by atomic mass is 10.1. The first-order chi connectivity index (χ1) is 14.5. The van der Waals surface area contributed by atoms with Gasteiger partial charge < -0.3 is 15.4 Å². The van der Waals surface area contributed by atoms with Crippen molar-refractivity contribution in [2.24, 2.45) is 0 Å². The summed E-state index contributed by atoms with van der Waals surface area (Å²) in [5, 5.41) is 17.6. The van der Waals surface area contributed by atoms with E-state index >= 15 is 0 Å². The topological polar surface area (TPSA) is 119 Å². The van der Waals surface area contributed by atoms with Gasteiger partial charge in [-0.05, 0) is 43.2 Å². The van der Waals surface area contributed by atoms with Crippen molar-refractivity contribution < 1.29 is 14.5 Å². The highest BCUT2D eigenvalue weighted by Crippen LogP contribution is 2.33. The van der Waals surface area contributed by atoms with Crippen LogP contribution in [0.25, 0.3) is 0 Å². The maximum Gasteiger partial charge on any atom is 0.353 e. The average Bonchev–Trinajstić information content (AvgIpc) is 2.75. The van der Waals surface area contributed by atoms with Crippen LogP contribution in [-0.4, -0.2) is 27.5 Å². The van der Waals surface area contributed by atoms with E-state index in [0.29, 0.717) is 11.4 Å². The molecule has 0 aliphatic heterocycles. The van der Waals surface area contributed by atoms with Crippen molar-refractivity contribution in [1.82, 2.24) is 9.97 Å². The smallest absolute Gasteiger partial charge is 0.353 e. The Morgan fingerprint density at radius 2 is 1.70 bits per heavy atom. The number of para-hydroxylation sites is 1. The molecule has 154 valence electrons. The first kappa shape index (κ1) is 20.7. The molecule has 9 heteroatoms. The van der Waals surface area contributed by atoms with Crippen molar-refractivity contribution in [3.63, 3.8) is 0 Å². The van der Waals surface area contributed by atoms with Gasteiger partial charge >= 0.3 is 11.7 Å². The molecule has 1 aromatic heterocycles. The van der Waals surface area contributed by atoms with Crippen LogP contribution in [0.2, 0.25) is 0 Å². The summed E-state index contributed by atoms with van der Waals surface area (Å²) in [6.45, 7) is 3.96. The molecule has 3 rings (SSSR count). The Bertz CT molecular complexity index is 1050. The predicted octanol–water partition coefficient (Wildman–Crippen LogP) is 4.61. The molecule has 0 fully saturated rings. The molecule has 0 radical (unpaired) electrons. The van der Waals surface area contributed by atoms with Crippen LogP contribution in [0.1, 0.15) is 29.8 Å². The molecule has 0 saturated heterocycles. The Morgan fingerprint density at radius 3 is 2.33 bits per heavy atom. The van der Waals surface area contributed by atoms with Gasteiger partial charge in [-0.3, -0.25) is 10.1 Å². The summed E-state index contributed by atoms with van der Waals surface area (Å²) in [5.41, 5.74) is 2.06. The van der Waals surface area contributed by atoms with Crippen LogP contribution in [0.5, 0.6) is 0 Å². The largest absolute Gasteiger partial charge is 0.462 e. The Hall–Kier alpha value is -4.01. The molecular weight excluding hydrogens is 386 g/mol. The van der Waals surface area contributed by atoms with Gasteiger partial charge in [0.2, 0.25) is 11.6 Å². The minimum Gasteiger partial charge on any atom is -0.462 e. The van der Waals surface area contributed by atoms with Crippen LogP contribution in [-0.2, 0) is 11.2 Å². The molecule has 9 nitrogen and oxygen atoms in total. The number of nitro groups is 1. The summed E-state index contributed by atoms with van der Waals surface area (Å²) in [4.78, 5) is 31.5. The zero-order valence-electron chi connectivity index (χ0n) is 16.6. The number of aryl methyl sites for hydroxylation is 1. The number of aromatic nitrogens is 2. The van der Waals surface area contributed by atoms with Gasteiger partial charge in [0.05, 0.1) is 22.8 Å². The van der Waals surface area contributed by atoms with Crippen LogP contribution in [0.3, 0.4) is 0 Å². The van der Waals surface area contributed by atoms with Crippen LogP contribution < -0.4 is 10.6 Å². The molecule has 1 heterocycles. The zero-order chi connectivity index (χ0) is 21.5. The van der Waals surface area contributed by atoms with E-state index in [0.717, 1.165) is 12.0 Å². The van der Waals surface area contributed by atoms with Crippen LogP contribution in [0.15, 0.2) is 54.9 Å². The molecule has 3 aromatic rings. The van der Waals surface area contributed by atoms with Gasteiger partial charge in [0.25, 0.3) is 0 Å². The minimum atomic E-state index is -0.571. The van der Waals surface area contributed by atoms with Crippen molar-refractivity contribution in [1.29, 1.82) is 0 Å². The molecular formula is C21H21N5O4. The third kappa shape index (κ3) is 4.69. The second kappa shape index (κ2) is 9.46. The van der Waals surface area contributed by atoms with E-state index in [1.54, 1.807) is 31.2 Å². The number of hydrogen-bond acceptors (Lipinski definition) is 8. The Labute approximate surface area is 173 Å². The molecule has 0 amide bonds. The molecule has 0 spiro atoms. The lowest BCUT2D eigenvalue weighted by Gasteiger charge is -2.12. The third-order valence-corrected chi connectivity index (χ3v) is 4.31. The number of anilines is 4. The SMILES string of the molecule is CCOC(=O)c1ccccc1Nc1ncnc(Nc2ccc(CC)cc2)c1[N+](=O)[O-]. The predicted molar refractivity (Wildman–Crippen MR) is 113 cm³/mol. The highest BCUT2D eigenvalue weighted by atomic mass is 16.6. The standard InChI is InChI=1S/C21H21N5O4/c1-3-14-9-11-15(12-10-14)24-19-18(26(28)29)20(23-13-22-19)25-17-8-6-5-7-16(17)21(27)30-4-2/h5-13H,3-4H2,1-2H3,(H2,22,23,24,25). The molecule has 0 bridgehead atoms. The van der Waals surface area contributed by atoms with Crippen molar-refractivity contribution in [3.8, 4) is 0 Å². The van der Waals surface area contributed by atoms with E-state index < -0.39 is 10.9 Å². The maximum atomic E-state index is 12.2. The summed E-state index contributed by atoms with van der Waals surface area (Å²) in [5.74, 6) is -0.540. The van der Waals surface area contributed by atoms with E-state index in [9.17, 15) is 14.9 Å². The molecule has 2 aromatic carbocycles. The number of hydrogen-bond donors (Lipinski definition) is 2. The van der Waals surface area contributed by atoms with Gasteiger partial charge in [0.1, 0.15) is 6.33 Å². The van der Waals surface area contributed by atoms with Crippen LogP contribution in [0, 0.1) is 10.1 Å². The third-order valence-electron chi connectivity index (χ3n) is 4.31. The van der Waals surface area contributed by atoms with Crippen molar-refractivity contribution in [2.75, 3.05) is 17.2 Å². The minimum absolute atomic E-state index is 0.0374. The highest BCUT2D eigenvalue weighted by Gasteiger charge is 2.24. The van der Waals surface area contributed by atoms with Gasteiger partial charge in [-0.1, -0.05) is 31.2 Å². The summed E-state index contributed by atoms with van der Waals surface area (Å²) < 4.78 is 5.05. The quantitative estimate of drug-likeness (QED) is 0.316. The number of esters is 1. The Balaban J connectivity index is 1.96. The number of ether oxygens (including phenoxy) is 1. The lowest BCUT2D eigenvalue weighted by Crippen LogP contribution is -2.10. The molecule has 0 unspecified atom stereocenters.